The van der Waals surface area contributed by atoms with Crippen LogP contribution in [0.5, 0.6) is 0 Å². The SMILES string of the molecule is Cc1ccc(-c2cn(-c3ccc(C)cc3)c(NC(=O)CN(C[C@H]3CCCO3)C(=O)c3ccco3)n2)cc1. The maximum absolute atomic E-state index is 13.3. The molecule has 0 unspecified atom stereocenters. The third-order valence-corrected chi connectivity index (χ3v) is 6.42. The van der Waals surface area contributed by atoms with Gasteiger partial charge in [-0.05, 0) is 51.0 Å². The molecule has 8 nitrogen and oxygen atoms in total. The van der Waals surface area contributed by atoms with Crippen molar-refractivity contribution >= 4 is 17.8 Å². The molecule has 2 aromatic heterocycles. The number of imidazole rings is 1. The molecule has 0 aliphatic carbocycles. The van der Waals surface area contributed by atoms with Crippen molar-refractivity contribution in [3.63, 3.8) is 0 Å². The number of nitrogens with zero attached hydrogens (tertiary/aromatic N) is 3. The van der Waals surface area contributed by atoms with Crippen molar-refractivity contribution in [2.45, 2.75) is 32.8 Å². The fourth-order valence-corrected chi connectivity index (χ4v) is 4.38. The molecule has 190 valence electrons. The second-order valence-corrected chi connectivity index (χ2v) is 9.37. The van der Waals surface area contributed by atoms with Crippen LogP contribution in [-0.2, 0) is 9.53 Å². The summed E-state index contributed by atoms with van der Waals surface area (Å²) in [5.74, 6) is -0.134. The Morgan fingerprint density at radius 2 is 1.78 bits per heavy atom. The van der Waals surface area contributed by atoms with Gasteiger partial charge in [0, 0.05) is 30.6 Å². The molecule has 1 atom stereocenters. The lowest BCUT2D eigenvalue weighted by Gasteiger charge is -2.24. The third kappa shape index (κ3) is 5.81. The summed E-state index contributed by atoms with van der Waals surface area (Å²) in [5.41, 5.74) is 4.84. The van der Waals surface area contributed by atoms with Crippen molar-refractivity contribution < 1.29 is 18.7 Å². The molecular weight excluding hydrogens is 468 g/mol. The van der Waals surface area contributed by atoms with Crippen molar-refractivity contribution in [1.82, 2.24) is 14.5 Å². The van der Waals surface area contributed by atoms with Gasteiger partial charge in [-0.3, -0.25) is 19.5 Å². The highest BCUT2D eigenvalue weighted by Crippen LogP contribution is 2.25. The Kier molecular flexibility index (Phi) is 7.18. The van der Waals surface area contributed by atoms with E-state index in [1.807, 2.05) is 73.1 Å². The molecule has 1 aliphatic rings. The first-order valence-corrected chi connectivity index (χ1v) is 12.4. The maximum atomic E-state index is 13.3. The van der Waals surface area contributed by atoms with Gasteiger partial charge in [0.05, 0.1) is 18.1 Å². The molecule has 37 heavy (non-hydrogen) atoms. The summed E-state index contributed by atoms with van der Waals surface area (Å²) >= 11 is 0. The summed E-state index contributed by atoms with van der Waals surface area (Å²) in [6.45, 7) is 4.88. The first-order valence-electron chi connectivity index (χ1n) is 12.4. The Morgan fingerprint density at radius 1 is 1.05 bits per heavy atom. The van der Waals surface area contributed by atoms with Gasteiger partial charge in [-0.25, -0.2) is 4.98 Å². The normalized spacial score (nSPS) is 15.0. The van der Waals surface area contributed by atoms with Gasteiger partial charge in [0.25, 0.3) is 5.91 Å². The number of hydrogen-bond donors (Lipinski definition) is 1. The number of furan rings is 1. The van der Waals surface area contributed by atoms with E-state index in [1.165, 1.54) is 11.2 Å². The van der Waals surface area contributed by atoms with E-state index in [9.17, 15) is 9.59 Å². The minimum Gasteiger partial charge on any atom is -0.459 e. The van der Waals surface area contributed by atoms with Gasteiger partial charge >= 0.3 is 0 Å². The van der Waals surface area contributed by atoms with Crippen molar-refractivity contribution in [1.29, 1.82) is 0 Å². The van der Waals surface area contributed by atoms with Gasteiger partial charge in [0.2, 0.25) is 11.9 Å². The van der Waals surface area contributed by atoms with Crippen LogP contribution < -0.4 is 5.32 Å². The minimum atomic E-state index is -0.354. The second kappa shape index (κ2) is 10.8. The predicted octanol–water partition coefficient (Wildman–Crippen LogP) is 5.01. The summed E-state index contributed by atoms with van der Waals surface area (Å²) in [6.07, 6.45) is 5.04. The lowest BCUT2D eigenvalue weighted by molar-refractivity contribution is -0.117. The number of benzene rings is 2. The molecule has 4 aromatic rings. The monoisotopic (exact) mass is 498 g/mol. The molecule has 0 spiro atoms. The van der Waals surface area contributed by atoms with E-state index in [0.717, 1.165) is 40.9 Å². The number of aryl methyl sites for hydroxylation is 2. The molecule has 0 radical (unpaired) electrons. The molecule has 2 aromatic carbocycles. The van der Waals surface area contributed by atoms with Gasteiger partial charge in [0.1, 0.15) is 6.54 Å². The van der Waals surface area contributed by atoms with Gasteiger partial charge in [-0.1, -0.05) is 47.5 Å². The van der Waals surface area contributed by atoms with Crippen molar-refractivity contribution in [3.8, 4) is 16.9 Å². The number of amides is 2. The number of hydrogen-bond acceptors (Lipinski definition) is 5. The molecule has 1 N–H and O–H groups in total. The quantitative estimate of drug-likeness (QED) is 0.369. The molecule has 8 heteroatoms. The van der Waals surface area contributed by atoms with Crippen LogP contribution in [0.1, 0.15) is 34.5 Å². The van der Waals surface area contributed by atoms with Crippen LogP contribution in [0.25, 0.3) is 16.9 Å². The van der Waals surface area contributed by atoms with Crippen LogP contribution >= 0.6 is 0 Å². The Morgan fingerprint density at radius 3 is 2.43 bits per heavy atom. The van der Waals surface area contributed by atoms with Crippen LogP contribution in [0.2, 0.25) is 0 Å². The number of anilines is 1. The molecule has 3 heterocycles. The number of ether oxygens (including phenoxy) is 1. The summed E-state index contributed by atoms with van der Waals surface area (Å²) in [5, 5.41) is 2.93. The van der Waals surface area contributed by atoms with Crippen LogP contribution in [0.3, 0.4) is 0 Å². The highest BCUT2D eigenvalue weighted by atomic mass is 16.5. The first-order chi connectivity index (χ1) is 18.0. The van der Waals surface area contributed by atoms with E-state index in [1.54, 1.807) is 12.1 Å². The van der Waals surface area contributed by atoms with Crippen molar-refractivity contribution in [2.24, 2.45) is 0 Å². The van der Waals surface area contributed by atoms with Gasteiger partial charge in [-0.2, -0.15) is 0 Å². The zero-order valence-corrected chi connectivity index (χ0v) is 21.0. The molecule has 1 fully saturated rings. The highest BCUT2D eigenvalue weighted by Gasteiger charge is 2.27. The molecule has 5 rings (SSSR count). The van der Waals surface area contributed by atoms with Crippen LogP contribution in [-0.4, -0.2) is 52.1 Å². The lowest BCUT2D eigenvalue weighted by atomic mass is 10.1. The van der Waals surface area contributed by atoms with Gasteiger partial charge < -0.3 is 14.1 Å². The summed E-state index contributed by atoms with van der Waals surface area (Å²) in [7, 11) is 0. The second-order valence-electron chi connectivity index (χ2n) is 9.37. The largest absolute Gasteiger partial charge is 0.459 e. The fourth-order valence-electron chi connectivity index (χ4n) is 4.38. The van der Waals surface area contributed by atoms with E-state index < -0.39 is 0 Å². The molecule has 0 saturated carbocycles. The Bertz CT molecular complexity index is 1350. The first kappa shape index (κ1) is 24.5. The molecule has 2 amide bonds. The smallest absolute Gasteiger partial charge is 0.290 e. The molecule has 1 aliphatic heterocycles. The Balaban J connectivity index is 1.40. The van der Waals surface area contributed by atoms with E-state index in [0.29, 0.717) is 19.1 Å². The lowest BCUT2D eigenvalue weighted by Crippen LogP contribution is -2.42. The molecular formula is C29H30N4O4. The standard InChI is InChI=1S/C29H30N4O4/c1-20-7-11-22(12-8-20)25-18-33(23-13-9-21(2)10-14-23)29(30-25)31-27(34)19-32(17-24-5-3-15-36-24)28(35)26-6-4-16-37-26/h4,6-14,16,18,24H,3,5,15,17,19H2,1-2H3,(H,30,31,34)/t24-/m1/s1. The molecule has 1 saturated heterocycles. The zero-order chi connectivity index (χ0) is 25.8. The van der Waals surface area contributed by atoms with Gasteiger partial charge in [0.15, 0.2) is 5.76 Å². The number of carbonyl (C=O) groups excluding carboxylic acids is 2. The van der Waals surface area contributed by atoms with E-state index in [2.05, 4.69) is 5.32 Å². The minimum absolute atomic E-state index is 0.102. The number of nitrogens with one attached hydrogen (secondary N) is 1. The van der Waals surface area contributed by atoms with Crippen LogP contribution in [0, 0.1) is 13.8 Å². The number of rotatable bonds is 8. The van der Waals surface area contributed by atoms with Crippen molar-refractivity contribution in [3.05, 3.63) is 90.0 Å². The predicted molar refractivity (Wildman–Crippen MR) is 141 cm³/mol. The Labute approximate surface area is 215 Å². The zero-order valence-electron chi connectivity index (χ0n) is 21.0. The summed E-state index contributed by atoms with van der Waals surface area (Å²) in [6, 6.07) is 19.3. The average Bonchev–Trinajstić information content (AvgIpc) is 3.67. The number of aromatic nitrogens is 2. The Hall–Kier alpha value is -4.17. The van der Waals surface area contributed by atoms with E-state index >= 15 is 0 Å². The summed E-state index contributed by atoms with van der Waals surface area (Å²) in [4.78, 5) is 32.6. The van der Waals surface area contributed by atoms with Crippen molar-refractivity contribution in [2.75, 3.05) is 25.0 Å². The van der Waals surface area contributed by atoms with Gasteiger partial charge in [-0.15, -0.1) is 0 Å². The van der Waals surface area contributed by atoms with Crippen LogP contribution in [0.15, 0.2) is 77.5 Å². The maximum Gasteiger partial charge on any atom is 0.290 e. The third-order valence-electron chi connectivity index (χ3n) is 6.42. The van der Waals surface area contributed by atoms with E-state index in [-0.39, 0.29) is 30.2 Å². The fraction of sp³-hybridized carbons (Fsp3) is 0.276. The average molecular weight is 499 g/mol. The molecule has 0 bridgehead atoms. The summed E-state index contributed by atoms with van der Waals surface area (Å²) < 4.78 is 12.9. The highest BCUT2D eigenvalue weighted by molar-refractivity contribution is 5.97. The van der Waals surface area contributed by atoms with Crippen LogP contribution in [0.4, 0.5) is 5.95 Å². The van der Waals surface area contributed by atoms with E-state index in [4.69, 9.17) is 14.1 Å². The topological polar surface area (TPSA) is 89.6 Å². The number of carbonyl (C=O) groups is 2.